The molecule has 0 amide bonds. The predicted octanol–water partition coefficient (Wildman–Crippen LogP) is 0.0260. The summed E-state index contributed by atoms with van der Waals surface area (Å²) in [6.45, 7) is 0.571. The molecule has 0 unspecified atom stereocenters. The van der Waals surface area contributed by atoms with Crippen LogP contribution in [0.5, 0.6) is 5.75 Å². The molecule has 0 spiro atoms. The number of ether oxygens (including phenoxy) is 1. The van der Waals surface area contributed by atoms with Crippen LogP contribution in [-0.2, 0) is 26.1 Å². The molecule has 0 radical (unpaired) electrons. The molecule has 0 aliphatic rings. The molecule has 1 rings (SSSR count). The lowest BCUT2D eigenvalue weighted by Gasteiger charge is -2.08. The summed E-state index contributed by atoms with van der Waals surface area (Å²) in [6, 6.07) is 7.27. The number of hydrogen-bond donors (Lipinski definition) is 1. The average Bonchev–Trinajstić information content (AvgIpc) is 2.38. The van der Waals surface area contributed by atoms with Crippen molar-refractivity contribution in [3.8, 4) is 5.75 Å². The minimum Gasteiger partial charge on any atom is -0.493 e. The van der Waals surface area contributed by atoms with Gasteiger partial charge in [-0.25, -0.2) is 16.8 Å². The molecule has 0 saturated heterocycles. The molecule has 6 nitrogen and oxygen atoms in total. The molecule has 0 aliphatic heterocycles. The second-order valence-electron chi connectivity index (χ2n) is 4.81. The van der Waals surface area contributed by atoms with Gasteiger partial charge < -0.3 is 10.5 Å². The quantitative estimate of drug-likeness (QED) is 0.682. The van der Waals surface area contributed by atoms with E-state index in [1.165, 1.54) is 0 Å². The van der Waals surface area contributed by atoms with E-state index in [-0.39, 0.29) is 23.9 Å². The van der Waals surface area contributed by atoms with Crippen LogP contribution in [-0.4, -0.2) is 53.5 Å². The highest BCUT2D eigenvalue weighted by Gasteiger charge is 2.14. The zero-order chi connectivity index (χ0) is 15.9. The van der Waals surface area contributed by atoms with Crippen LogP contribution >= 0.6 is 0 Å². The Morgan fingerprint density at radius 3 is 2.14 bits per heavy atom. The van der Waals surface area contributed by atoms with Gasteiger partial charge in [0.25, 0.3) is 0 Å². The molecule has 0 heterocycles. The van der Waals surface area contributed by atoms with Crippen LogP contribution in [0.25, 0.3) is 0 Å². The highest BCUT2D eigenvalue weighted by Crippen LogP contribution is 2.12. The lowest BCUT2D eigenvalue weighted by atomic mass is 10.1. The number of benzene rings is 1. The molecule has 0 bridgehead atoms. The minimum absolute atomic E-state index is 0.00231. The Bertz CT molecular complexity index is 636. The highest BCUT2D eigenvalue weighted by molar-refractivity contribution is 7.94. The maximum atomic E-state index is 11.6. The summed E-state index contributed by atoms with van der Waals surface area (Å²) in [5.41, 5.74) is 6.53. The highest BCUT2D eigenvalue weighted by atomic mass is 32.2. The molecule has 0 atom stereocenters. The van der Waals surface area contributed by atoms with Crippen molar-refractivity contribution in [2.24, 2.45) is 5.73 Å². The first kappa shape index (κ1) is 17.9. The van der Waals surface area contributed by atoms with Gasteiger partial charge in [-0.3, -0.25) is 0 Å². The molecule has 0 saturated carbocycles. The summed E-state index contributed by atoms with van der Waals surface area (Å²) in [4.78, 5) is 0. The van der Waals surface area contributed by atoms with Crippen molar-refractivity contribution >= 4 is 19.7 Å². The zero-order valence-corrected chi connectivity index (χ0v) is 13.6. The second kappa shape index (κ2) is 7.77. The third kappa shape index (κ3) is 8.03. The molecular formula is C13H21NO5S2. The molecular weight excluding hydrogens is 314 g/mol. The van der Waals surface area contributed by atoms with Crippen LogP contribution in [0.1, 0.15) is 5.56 Å². The van der Waals surface area contributed by atoms with Gasteiger partial charge in [-0.15, -0.1) is 0 Å². The van der Waals surface area contributed by atoms with Gasteiger partial charge >= 0.3 is 0 Å². The number of rotatable bonds is 9. The Balaban J connectivity index is 2.41. The van der Waals surface area contributed by atoms with Crippen molar-refractivity contribution in [1.29, 1.82) is 0 Å². The first-order valence-electron chi connectivity index (χ1n) is 6.52. The van der Waals surface area contributed by atoms with Gasteiger partial charge in [0, 0.05) is 6.26 Å². The third-order valence-corrected chi connectivity index (χ3v) is 5.60. The van der Waals surface area contributed by atoms with E-state index in [9.17, 15) is 16.8 Å². The van der Waals surface area contributed by atoms with Gasteiger partial charge in [-0.05, 0) is 30.7 Å². The molecule has 120 valence electrons. The monoisotopic (exact) mass is 335 g/mol. The fourth-order valence-electron chi connectivity index (χ4n) is 1.59. The topological polar surface area (TPSA) is 104 Å². The SMILES string of the molecule is CS(=O)(=O)CCS(=O)(=O)CCOc1ccc(CCN)cc1. The number of nitrogens with two attached hydrogens (primary N) is 1. The molecule has 1 aromatic rings. The Hall–Kier alpha value is -1.12. The lowest BCUT2D eigenvalue weighted by Crippen LogP contribution is -2.22. The minimum atomic E-state index is -3.42. The van der Waals surface area contributed by atoms with Crippen molar-refractivity contribution < 1.29 is 21.6 Å². The zero-order valence-electron chi connectivity index (χ0n) is 12.0. The van der Waals surface area contributed by atoms with Gasteiger partial charge in [0.2, 0.25) is 0 Å². The van der Waals surface area contributed by atoms with Crippen LogP contribution in [0, 0.1) is 0 Å². The van der Waals surface area contributed by atoms with Crippen molar-refractivity contribution in [3.05, 3.63) is 29.8 Å². The molecule has 0 aromatic heterocycles. The van der Waals surface area contributed by atoms with Gasteiger partial charge in [0.1, 0.15) is 22.2 Å². The number of sulfone groups is 2. The molecule has 0 aliphatic carbocycles. The summed E-state index contributed by atoms with van der Waals surface area (Å²) in [5, 5.41) is 0. The average molecular weight is 335 g/mol. The van der Waals surface area contributed by atoms with Crippen LogP contribution < -0.4 is 10.5 Å². The van der Waals surface area contributed by atoms with Crippen molar-refractivity contribution in [1.82, 2.24) is 0 Å². The maximum Gasteiger partial charge on any atom is 0.154 e. The second-order valence-corrected chi connectivity index (χ2v) is 9.38. The van der Waals surface area contributed by atoms with E-state index in [0.29, 0.717) is 12.3 Å². The summed E-state index contributed by atoms with van der Waals surface area (Å²) in [7, 11) is -6.70. The normalized spacial score (nSPS) is 12.3. The predicted molar refractivity (Wildman–Crippen MR) is 83.1 cm³/mol. The van der Waals surface area contributed by atoms with Gasteiger partial charge in [0.15, 0.2) is 9.84 Å². The summed E-state index contributed by atoms with van der Waals surface area (Å²) < 4.78 is 50.6. The van der Waals surface area contributed by atoms with E-state index in [4.69, 9.17) is 10.5 Å². The molecule has 0 fully saturated rings. The fourth-order valence-corrected chi connectivity index (χ4v) is 4.35. The summed E-state index contributed by atoms with van der Waals surface area (Å²) in [6.07, 6.45) is 1.79. The first-order valence-corrected chi connectivity index (χ1v) is 10.4. The lowest BCUT2D eigenvalue weighted by molar-refractivity contribution is 0.341. The fraction of sp³-hybridized carbons (Fsp3) is 0.538. The van der Waals surface area contributed by atoms with Crippen molar-refractivity contribution in [2.75, 3.05) is 36.7 Å². The van der Waals surface area contributed by atoms with Gasteiger partial charge in [-0.2, -0.15) is 0 Å². The van der Waals surface area contributed by atoms with Crippen molar-refractivity contribution in [3.63, 3.8) is 0 Å². The standard InChI is InChI=1S/C13H21NO5S2/c1-20(15,16)10-11-21(17,18)9-8-19-13-4-2-12(3-5-13)6-7-14/h2-5H,6-11,14H2,1H3. The molecule has 2 N–H and O–H groups in total. The number of hydrogen-bond acceptors (Lipinski definition) is 6. The van der Waals surface area contributed by atoms with Crippen LogP contribution in [0.15, 0.2) is 24.3 Å². The van der Waals surface area contributed by atoms with Crippen LogP contribution in [0.4, 0.5) is 0 Å². The molecule has 1 aromatic carbocycles. The maximum absolute atomic E-state index is 11.6. The van der Waals surface area contributed by atoms with E-state index in [1.807, 2.05) is 12.1 Å². The summed E-state index contributed by atoms with van der Waals surface area (Å²) >= 11 is 0. The first-order chi connectivity index (χ1) is 9.72. The van der Waals surface area contributed by atoms with Crippen LogP contribution in [0.3, 0.4) is 0 Å². The third-order valence-electron chi connectivity index (χ3n) is 2.78. The molecule has 21 heavy (non-hydrogen) atoms. The smallest absolute Gasteiger partial charge is 0.154 e. The van der Waals surface area contributed by atoms with Crippen molar-refractivity contribution in [2.45, 2.75) is 6.42 Å². The largest absolute Gasteiger partial charge is 0.493 e. The van der Waals surface area contributed by atoms with E-state index in [1.54, 1.807) is 12.1 Å². The van der Waals surface area contributed by atoms with E-state index < -0.39 is 19.7 Å². The molecule has 8 heteroatoms. The van der Waals surface area contributed by atoms with E-state index in [0.717, 1.165) is 18.2 Å². The van der Waals surface area contributed by atoms with E-state index in [2.05, 4.69) is 0 Å². The van der Waals surface area contributed by atoms with E-state index >= 15 is 0 Å². The summed E-state index contributed by atoms with van der Waals surface area (Å²) in [5.74, 6) is -0.352. The Morgan fingerprint density at radius 1 is 1.00 bits per heavy atom. The Labute approximate surface area is 126 Å². The van der Waals surface area contributed by atoms with Gasteiger partial charge in [0.05, 0.1) is 17.3 Å². The Kier molecular flexibility index (Phi) is 6.63. The van der Waals surface area contributed by atoms with Gasteiger partial charge in [-0.1, -0.05) is 12.1 Å². The van der Waals surface area contributed by atoms with Crippen LogP contribution in [0.2, 0.25) is 0 Å². The Morgan fingerprint density at radius 2 is 1.62 bits per heavy atom.